The Bertz CT molecular complexity index is 1310. The molecule has 3 heteroatoms. The zero-order valence-corrected chi connectivity index (χ0v) is 31.8. The summed E-state index contributed by atoms with van der Waals surface area (Å²) in [5.41, 5.74) is 11.3. The summed E-state index contributed by atoms with van der Waals surface area (Å²) in [5, 5.41) is 0. The van der Waals surface area contributed by atoms with Gasteiger partial charge in [-0.3, -0.25) is 6.08 Å². The summed E-state index contributed by atoms with van der Waals surface area (Å²) in [6.45, 7) is 17.8. The predicted octanol–water partition coefficient (Wildman–Crippen LogP) is 11.4. The molecule has 44 heavy (non-hydrogen) atoms. The second-order valence-corrected chi connectivity index (χ2v) is 12.5. The van der Waals surface area contributed by atoms with Gasteiger partial charge in [0.15, 0.2) is 0 Å². The molecule has 0 N–H and O–H groups in total. The van der Waals surface area contributed by atoms with Gasteiger partial charge in [0.25, 0.3) is 0 Å². The van der Waals surface area contributed by atoms with Crippen molar-refractivity contribution >= 4 is 29.0 Å². The molecule has 0 heterocycles. The van der Waals surface area contributed by atoms with Gasteiger partial charge in [-0.25, -0.2) is 12.2 Å². The standard InChI is InChI=1S/C21H25.2C7H7.C5H5.CH2.2ClH.Zr/c1-20(2,3)16-9-7-14-11-15-8-10-17(21(4,5)6)13-19(15)18(14)12-16;2*1-7-5-3-2-4-6-7;1-2-4-5-3-1;;;;/h7,9-10,12-13H,11H2,1-6H3;2*3-6H,1H3;1-3H,4H2;1H2;2*1H;/q4*-1;;;;. The van der Waals surface area contributed by atoms with Gasteiger partial charge in [0.2, 0.25) is 0 Å². The van der Waals surface area contributed by atoms with E-state index in [0.29, 0.717) is 0 Å². The Morgan fingerprint density at radius 1 is 0.682 bits per heavy atom. The SMILES string of the molecule is CC(C)(C)c1c[c-]c2c(c1)-c1cc(C(C)(C)C)ccc1C2.Cc1cc[c-]cc1.Cc1cc[c-]cc1.Cl.Cl.[C-]1=CC=CC1.[CH2]=[Zr]. The van der Waals surface area contributed by atoms with E-state index in [1.807, 2.05) is 60.7 Å². The van der Waals surface area contributed by atoms with Gasteiger partial charge in [-0.15, -0.1) is 36.8 Å². The Kier molecular flexibility index (Phi) is 19.6. The summed E-state index contributed by atoms with van der Waals surface area (Å²) in [5.74, 6) is 0. The molecule has 4 aromatic carbocycles. The van der Waals surface area contributed by atoms with Gasteiger partial charge in [0.1, 0.15) is 0 Å². The van der Waals surface area contributed by atoms with Crippen LogP contribution in [-0.4, -0.2) is 4.21 Å². The molecule has 0 saturated carbocycles. The maximum absolute atomic E-state index is 3.53. The number of benzene rings is 4. The monoisotopic (exact) mass is 700 g/mol. The molecule has 0 bridgehead atoms. The summed E-state index contributed by atoms with van der Waals surface area (Å²) >= 11 is 1.30. The number of hydrogen-bond acceptors (Lipinski definition) is 0. The van der Waals surface area contributed by atoms with Gasteiger partial charge in [0, 0.05) is 0 Å². The van der Waals surface area contributed by atoms with Crippen molar-refractivity contribution in [1.29, 1.82) is 0 Å². The van der Waals surface area contributed by atoms with Crippen molar-refractivity contribution in [2.45, 2.75) is 79.1 Å². The fourth-order valence-corrected chi connectivity index (χ4v) is 4.27. The maximum atomic E-state index is 3.53. The van der Waals surface area contributed by atoms with Crippen LogP contribution in [0.1, 0.15) is 81.3 Å². The summed E-state index contributed by atoms with van der Waals surface area (Å²) < 4.78 is 3.34. The van der Waals surface area contributed by atoms with Gasteiger partial charge in [-0.1, -0.05) is 90.1 Å². The first-order valence-electron chi connectivity index (χ1n) is 14.6. The van der Waals surface area contributed by atoms with E-state index in [1.54, 1.807) is 0 Å². The number of hydrogen-bond donors (Lipinski definition) is 0. The number of halogens is 2. The first-order valence-corrected chi connectivity index (χ1v) is 16.3. The van der Waals surface area contributed by atoms with Crippen LogP contribution in [0.3, 0.4) is 0 Å². The topological polar surface area (TPSA) is 0 Å². The van der Waals surface area contributed by atoms with Crippen LogP contribution in [0.15, 0.2) is 97.1 Å². The second kappa shape index (κ2) is 20.7. The van der Waals surface area contributed by atoms with E-state index in [0.717, 1.165) is 12.8 Å². The molecular formula is C41H48Cl2Zr-4. The fraction of sp³-hybridized carbons (Fsp3) is 0.293. The molecule has 0 radical (unpaired) electrons. The third kappa shape index (κ3) is 14.2. The molecule has 4 aromatic rings. The molecule has 2 aliphatic carbocycles. The average molecular weight is 703 g/mol. The van der Waals surface area contributed by atoms with E-state index >= 15 is 0 Å². The first kappa shape index (κ1) is 41.7. The first-order chi connectivity index (χ1) is 19.9. The molecule has 0 fully saturated rings. The molecule has 234 valence electrons. The third-order valence-corrected chi connectivity index (χ3v) is 6.88. The van der Waals surface area contributed by atoms with Gasteiger partial charge < -0.3 is 0 Å². The van der Waals surface area contributed by atoms with Crippen LogP contribution in [0.4, 0.5) is 0 Å². The van der Waals surface area contributed by atoms with Crippen molar-refractivity contribution in [1.82, 2.24) is 0 Å². The Morgan fingerprint density at radius 2 is 1.18 bits per heavy atom. The van der Waals surface area contributed by atoms with Crippen LogP contribution in [0, 0.1) is 38.1 Å². The fourth-order valence-electron chi connectivity index (χ4n) is 4.27. The van der Waals surface area contributed by atoms with Gasteiger partial charge in [-0.05, 0) is 17.4 Å². The van der Waals surface area contributed by atoms with Crippen LogP contribution < -0.4 is 0 Å². The van der Waals surface area contributed by atoms with Gasteiger partial charge >= 0.3 is 28.4 Å². The minimum absolute atomic E-state index is 0. The summed E-state index contributed by atoms with van der Waals surface area (Å²) in [7, 11) is 0. The molecule has 0 amide bonds. The van der Waals surface area contributed by atoms with Gasteiger partial charge in [-0.2, -0.15) is 107 Å². The zero-order valence-electron chi connectivity index (χ0n) is 27.7. The van der Waals surface area contributed by atoms with E-state index in [9.17, 15) is 0 Å². The Hall–Kier alpha value is -2.31. The molecule has 0 nitrogen and oxygen atoms in total. The van der Waals surface area contributed by atoms with Crippen molar-refractivity contribution < 1.29 is 24.2 Å². The molecule has 6 rings (SSSR count). The quantitative estimate of drug-likeness (QED) is 0.141. The van der Waals surface area contributed by atoms with Gasteiger partial charge in [0.05, 0.1) is 0 Å². The van der Waals surface area contributed by atoms with Crippen LogP contribution in [0.2, 0.25) is 0 Å². The minimum atomic E-state index is 0. The molecule has 0 unspecified atom stereocenters. The molecule has 0 spiro atoms. The van der Waals surface area contributed by atoms with E-state index < -0.39 is 0 Å². The van der Waals surface area contributed by atoms with E-state index in [1.165, 1.54) is 68.7 Å². The number of aryl methyl sites for hydroxylation is 2. The van der Waals surface area contributed by atoms with Crippen molar-refractivity contribution in [2.75, 3.05) is 0 Å². The van der Waals surface area contributed by atoms with Crippen molar-refractivity contribution in [3.8, 4) is 11.1 Å². The normalized spacial score (nSPS) is 11.5. The van der Waals surface area contributed by atoms with Crippen molar-refractivity contribution in [3.05, 3.63) is 155 Å². The molecule has 0 aromatic heterocycles. The third-order valence-electron chi connectivity index (χ3n) is 6.88. The second-order valence-electron chi connectivity index (χ2n) is 12.5. The van der Waals surface area contributed by atoms with Crippen LogP contribution in [0.25, 0.3) is 11.1 Å². The molecular weight excluding hydrogens is 655 g/mol. The number of fused-ring (bicyclic) bond motifs is 3. The van der Waals surface area contributed by atoms with Crippen LogP contribution in [-0.2, 0) is 41.5 Å². The summed E-state index contributed by atoms with van der Waals surface area (Å²) in [4.78, 5) is 0. The van der Waals surface area contributed by atoms with E-state index in [4.69, 9.17) is 0 Å². The van der Waals surface area contributed by atoms with E-state index in [-0.39, 0.29) is 35.6 Å². The predicted molar refractivity (Wildman–Crippen MR) is 194 cm³/mol. The average Bonchev–Trinajstić information content (AvgIpc) is 3.66. The summed E-state index contributed by atoms with van der Waals surface area (Å²) in [6, 6.07) is 36.7. The van der Waals surface area contributed by atoms with Crippen molar-refractivity contribution in [2.24, 2.45) is 0 Å². The number of allylic oxidation sites excluding steroid dienone is 4. The van der Waals surface area contributed by atoms with Crippen LogP contribution in [0.5, 0.6) is 0 Å². The zero-order chi connectivity index (χ0) is 31.2. The Morgan fingerprint density at radius 3 is 1.55 bits per heavy atom. The number of rotatable bonds is 0. The molecule has 0 aliphatic heterocycles. The Balaban J connectivity index is 0.000000658. The van der Waals surface area contributed by atoms with Crippen molar-refractivity contribution in [3.63, 3.8) is 0 Å². The molecule has 0 saturated heterocycles. The van der Waals surface area contributed by atoms with Crippen LogP contribution >= 0.6 is 24.8 Å². The molecule has 0 atom stereocenters. The summed E-state index contributed by atoms with van der Waals surface area (Å²) in [6.07, 6.45) is 11.0. The Labute approximate surface area is 296 Å². The molecule has 2 aliphatic rings. The van der Waals surface area contributed by atoms with E-state index in [2.05, 4.69) is 120 Å².